The van der Waals surface area contributed by atoms with E-state index in [1.54, 1.807) is 21.7 Å². The summed E-state index contributed by atoms with van der Waals surface area (Å²) < 4.78 is 3.31. The first-order valence-corrected chi connectivity index (χ1v) is 18.4. The molecule has 0 bridgehead atoms. The van der Waals surface area contributed by atoms with Gasteiger partial charge >= 0.3 is 121 Å². The number of hydrogen-bond acceptors (Lipinski definition) is 4. The predicted molar refractivity (Wildman–Crippen MR) is 150 cm³/mol. The molecule has 0 unspecified atom stereocenters. The predicted octanol–water partition coefficient (Wildman–Crippen LogP) is 7.37. The van der Waals surface area contributed by atoms with Crippen LogP contribution in [-0.2, 0) is 9.59 Å². The third kappa shape index (κ3) is 51.3. The second-order valence-corrected chi connectivity index (χ2v) is 16.4. The molecule has 0 aliphatic rings. The van der Waals surface area contributed by atoms with E-state index in [1.807, 2.05) is 41.5 Å². The number of aliphatic carboxylic acids is 2. The Morgan fingerprint density at radius 2 is 0.829 bits per heavy atom. The van der Waals surface area contributed by atoms with E-state index in [0.717, 1.165) is 0 Å². The van der Waals surface area contributed by atoms with Crippen LogP contribution in [0.3, 0.4) is 0 Å². The Bertz CT molecular complexity index is 422. The molecule has 0 aromatic heterocycles. The monoisotopic (exact) mass is 604 g/mol. The first-order chi connectivity index (χ1) is 16.2. The second kappa shape index (κ2) is 26.8. The average Bonchev–Trinajstić information content (AvgIpc) is 2.74. The van der Waals surface area contributed by atoms with Crippen LogP contribution in [0, 0.1) is 10.8 Å². The number of unbranched alkanes of at least 4 members (excludes halogenated alkanes) is 10. The van der Waals surface area contributed by atoms with Crippen molar-refractivity contribution in [1.82, 2.24) is 0 Å². The molecule has 35 heavy (non-hydrogen) atoms. The zero-order chi connectivity index (χ0) is 27.6. The summed E-state index contributed by atoms with van der Waals surface area (Å²) in [6.07, 6.45) is 19.6. The minimum absolute atomic E-state index is 0.0736. The van der Waals surface area contributed by atoms with Crippen LogP contribution in [0.5, 0.6) is 0 Å². The Kier molecular flexibility index (Phi) is 30.0. The molecule has 0 aromatic carbocycles. The summed E-state index contributed by atoms with van der Waals surface area (Å²) in [5, 5.41) is 19.9. The summed E-state index contributed by atoms with van der Waals surface area (Å²) in [4.78, 5) is 19.9. The maximum absolute atomic E-state index is 9.93. The number of carbonyl (C=O) groups is 2. The molecule has 0 fully saturated rings. The first kappa shape index (κ1) is 39.3. The third-order valence-electron chi connectivity index (χ3n) is 5.57. The van der Waals surface area contributed by atoms with E-state index >= 15 is 0 Å². The molecule has 0 aliphatic heterocycles. The molecule has 0 rings (SSSR count). The number of carbonyl (C=O) groups excluding carboxylic acids is 2. The van der Waals surface area contributed by atoms with Crippen LogP contribution in [0.25, 0.3) is 0 Å². The Morgan fingerprint density at radius 3 is 1.06 bits per heavy atom. The standard InChI is InChI=1S/2C8H17.2C7H14O2.Sn/c2*1-3-5-7-8-6-4-2;2*1-7(2,3)5-4-6(8)9;/h2*1,3-8H2,2H3;2*4-5H2,1-3H3,(H,8,9);/q;;;;+2/p-2. The Hall–Kier alpha value is -0.261. The molecule has 0 N–H and O–H groups in total. The fourth-order valence-electron chi connectivity index (χ4n) is 3.14. The van der Waals surface area contributed by atoms with Gasteiger partial charge in [-0.2, -0.15) is 0 Å². The minimum atomic E-state index is -0.954. The van der Waals surface area contributed by atoms with Gasteiger partial charge in [-0.25, -0.2) is 0 Å². The van der Waals surface area contributed by atoms with Crippen molar-refractivity contribution < 1.29 is 19.8 Å². The van der Waals surface area contributed by atoms with Crippen molar-refractivity contribution in [3.05, 3.63) is 0 Å². The second-order valence-electron chi connectivity index (χ2n) is 12.2. The zero-order valence-corrected chi connectivity index (χ0v) is 27.7. The van der Waals surface area contributed by atoms with E-state index in [9.17, 15) is 19.8 Å². The van der Waals surface area contributed by atoms with Gasteiger partial charge in [-0.05, 0) is 36.5 Å². The van der Waals surface area contributed by atoms with Gasteiger partial charge in [-0.1, -0.05) is 41.5 Å². The van der Waals surface area contributed by atoms with E-state index in [0.29, 0.717) is 12.8 Å². The van der Waals surface area contributed by atoms with Gasteiger partial charge in [0.25, 0.3) is 0 Å². The summed E-state index contributed by atoms with van der Waals surface area (Å²) >= 11 is 0.0736. The average molecular weight is 604 g/mol. The molecule has 0 aliphatic carbocycles. The summed E-state index contributed by atoms with van der Waals surface area (Å²) in [5.41, 5.74) is 0.222. The van der Waals surface area contributed by atoms with Gasteiger partial charge < -0.3 is 19.8 Å². The summed E-state index contributed by atoms with van der Waals surface area (Å²) in [7, 11) is 0. The van der Waals surface area contributed by atoms with Gasteiger partial charge in [0.05, 0.1) is 0 Å². The number of carboxylic acid groups (broad SMARTS) is 2. The topological polar surface area (TPSA) is 80.3 Å². The van der Waals surface area contributed by atoms with Crippen molar-refractivity contribution in [3.8, 4) is 0 Å². The molecule has 0 amide bonds. The molecular formula is C30H60O4Sn. The van der Waals surface area contributed by atoms with Crippen molar-refractivity contribution in [2.75, 3.05) is 0 Å². The molecule has 0 heterocycles. The van der Waals surface area contributed by atoms with Gasteiger partial charge in [0.1, 0.15) is 0 Å². The number of carboxylic acids is 2. The molecule has 0 spiro atoms. The first-order valence-electron chi connectivity index (χ1n) is 14.4. The zero-order valence-electron chi connectivity index (χ0n) is 24.9. The van der Waals surface area contributed by atoms with Crippen molar-refractivity contribution in [3.63, 3.8) is 0 Å². The van der Waals surface area contributed by atoms with Gasteiger partial charge in [0, 0.05) is 11.9 Å². The van der Waals surface area contributed by atoms with Crippen LogP contribution in [0.2, 0.25) is 8.87 Å². The molecule has 0 atom stereocenters. The van der Waals surface area contributed by atoms with Crippen LogP contribution in [0.4, 0.5) is 0 Å². The Morgan fingerprint density at radius 1 is 0.543 bits per heavy atom. The Balaban J connectivity index is -0.000000481. The molecule has 0 radical (unpaired) electrons. The molecular weight excluding hydrogens is 543 g/mol. The van der Waals surface area contributed by atoms with Crippen molar-refractivity contribution in [2.24, 2.45) is 10.8 Å². The van der Waals surface area contributed by atoms with Crippen molar-refractivity contribution >= 4 is 33.1 Å². The van der Waals surface area contributed by atoms with Crippen LogP contribution in [0.15, 0.2) is 0 Å². The third-order valence-corrected chi connectivity index (χ3v) is 9.61. The quantitative estimate of drug-likeness (QED) is 0.121. The van der Waals surface area contributed by atoms with E-state index in [-0.39, 0.29) is 44.8 Å². The fourth-order valence-corrected chi connectivity index (χ4v) is 6.71. The number of rotatable bonds is 18. The van der Waals surface area contributed by atoms with Gasteiger partial charge in [0.2, 0.25) is 0 Å². The van der Waals surface area contributed by atoms with E-state index in [4.69, 9.17) is 0 Å². The summed E-state index contributed by atoms with van der Waals surface area (Å²) in [6.45, 7) is 16.7. The van der Waals surface area contributed by atoms with E-state index < -0.39 is 11.9 Å². The molecule has 208 valence electrons. The molecule has 0 saturated heterocycles. The number of hydrogen-bond donors (Lipinski definition) is 0. The van der Waals surface area contributed by atoms with E-state index in [2.05, 4.69) is 13.8 Å². The summed E-state index contributed by atoms with van der Waals surface area (Å²) in [6, 6.07) is 0. The van der Waals surface area contributed by atoms with Gasteiger partial charge in [-0.15, -0.1) is 0 Å². The molecule has 5 heteroatoms. The van der Waals surface area contributed by atoms with Gasteiger partial charge in [-0.3, -0.25) is 0 Å². The fraction of sp³-hybridized carbons (Fsp3) is 0.933. The SMILES string of the molecule is CC(C)(C)CCC(=O)[O-].CC(C)(C)CCC(=O)[O-].CCCCCCC[CH2][Sn+2][CH2]CCCCCCC. The molecule has 4 nitrogen and oxygen atoms in total. The maximum atomic E-state index is 9.93. The Labute approximate surface area is 230 Å². The van der Waals surface area contributed by atoms with Crippen LogP contribution < -0.4 is 10.2 Å². The summed E-state index contributed by atoms with van der Waals surface area (Å²) in [5.74, 6) is -1.91. The van der Waals surface area contributed by atoms with Crippen LogP contribution >= 0.6 is 0 Å². The molecule has 0 saturated carbocycles. The van der Waals surface area contributed by atoms with Gasteiger partial charge in [0.15, 0.2) is 0 Å². The van der Waals surface area contributed by atoms with Crippen molar-refractivity contribution in [2.45, 2.75) is 167 Å². The molecule has 0 aromatic rings. The van der Waals surface area contributed by atoms with Crippen LogP contribution in [0.1, 0.15) is 158 Å². The van der Waals surface area contributed by atoms with Crippen LogP contribution in [-0.4, -0.2) is 33.1 Å². The van der Waals surface area contributed by atoms with Crippen molar-refractivity contribution in [1.29, 1.82) is 0 Å². The van der Waals surface area contributed by atoms with E-state index in [1.165, 1.54) is 64.2 Å². The normalized spacial score (nSPS) is 11.0.